The Hall–Kier alpha value is -2.83. The van der Waals surface area contributed by atoms with Crippen molar-refractivity contribution in [2.45, 2.75) is 39.5 Å². The third-order valence-corrected chi connectivity index (χ3v) is 4.60. The van der Waals surface area contributed by atoms with Gasteiger partial charge in [-0.15, -0.1) is 0 Å². The average Bonchev–Trinajstić information content (AvgIpc) is 2.63. The van der Waals surface area contributed by atoms with Gasteiger partial charge in [0.2, 0.25) is 5.88 Å². The largest absolute Gasteiger partial charge is 0.493 e. The third-order valence-electron chi connectivity index (χ3n) is 4.60. The molecule has 26 heavy (non-hydrogen) atoms. The topological polar surface area (TPSA) is 90.7 Å². The predicted molar refractivity (Wildman–Crippen MR) is 101 cm³/mol. The van der Waals surface area contributed by atoms with Gasteiger partial charge in [-0.3, -0.25) is 14.8 Å². The number of benzene rings is 1. The van der Waals surface area contributed by atoms with Gasteiger partial charge in [0.25, 0.3) is 5.56 Å². The van der Waals surface area contributed by atoms with E-state index in [0.717, 1.165) is 36.1 Å². The van der Waals surface area contributed by atoms with E-state index in [4.69, 9.17) is 0 Å². The van der Waals surface area contributed by atoms with Crippen LogP contribution in [0.25, 0.3) is 5.69 Å². The van der Waals surface area contributed by atoms with Crippen LogP contribution in [0.15, 0.2) is 39.0 Å². The van der Waals surface area contributed by atoms with Gasteiger partial charge in [-0.2, -0.15) is 5.10 Å². The number of nitrogens with zero attached hydrogens (tertiary/aromatic N) is 3. The molecule has 0 atom stereocenters. The van der Waals surface area contributed by atoms with Gasteiger partial charge in [0.05, 0.1) is 11.4 Å². The molecule has 1 aliphatic rings. The van der Waals surface area contributed by atoms with Crippen LogP contribution in [0.2, 0.25) is 0 Å². The lowest BCUT2D eigenvalue weighted by Gasteiger charge is -2.25. The lowest BCUT2D eigenvalue weighted by Crippen LogP contribution is -2.34. The minimum Gasteiger partial charge on any atom is -0.493 e. The van der Waals surface area contributed by atoms with Crippen LogP contribution in [0, 0.1) is 6.92 Å². The maximum absolute atomic E-state index is 12.4. The van der Waals surface area contributed by atoms with Gasteiger partial charge in [-0.25, -0.2) is 9.36 Å². The number of rotatable bonds is 4. The minimum absolute atomic E-state index is 0.0539. The fourth-order valence-electron chi connectivity index (χ4n) is 3.16. The van der Waals surface area contributed by atoms with Crippen molar-refractivity contribution in [3.8, 4) is 11.6 Å². The van der Waals surface area contributed by atoms with E-state index in [-0.39, 0.29) is 11.4 Å². The highest BCUT2D eigenvalue weighted by molar-refractivity contribution is 6.01. The lowest BCUT2D eigenvalue weighted by molar-refractivity contribution is 0.239. The first-order chi connectivity index (χ1) is 12.5. The van der Waals surface area contributed by atoms with Crippen molar-refractivity contribution >= 4 is 5.71 Å². The van der Waals surface area contributed by atoms with Crippen molar-refractivity contribution in [2.75, 3.05) is 13.1 Å². The molecule has 1 saturated heterocycles. The van der Waals surface area contributed by atoms with Gasteiger partial charge in [-0.05, 0) is 44.7 Å². The van der Waals surface area contributed by atoms with Crippen LogP contribution in [0.4, 0.5) is 0 Å². The Kier molecular flexibility index (Phi) is 5.25. The molecule has 0 radical (unpaired) electrons. The van der Waals surface area contributed by atoms with Gasteiger partial charge >= 0.3 is 5.69 Å². The van der Waals surface area contributed by atoms with Gasteiger partial charge in [0.15, 0.2) is 0 Å². The Morgan fingerprint density at radius 2 is 1.81 bits per heavy atom. The van der Waals surface area contributed by atoms with Gasteiger partial charge in [0, 0.05) is 13.1 Å². The fraction of sp³-hybridized carbons (Fsp3) is 0.421. The molecule has 2 N–H and O–H groups in total. The lowest BCUT2D eigenvalue weighted by atomic mass is 10.1. The first kappa shape index (κ1) is 18.0. The Labute approximate surface area is 151 Å². The van der Waals surface area contributed by atoms with Crippen molar-refractivity contribution in [3.63, 3.8) is 0 Å². The highest BCUT2D eigenvalue weighted by atomic mass is 16.3. The van der Waals surface area contributed by atoms with E-state index in [9.17, 15) is 14.7 Å². The normalized spacial score (nSPS) is 15.3. The summed E-state index contributed by atoms with van der Waals surface area (Å²) in [6.45, 7) is 5.48. The molecule has 1 aromatic heterocycles. The third kappa shape index (κ3) is 3.56. The van der Waals surface area contributed by atoms with Crippen LogP contribution >= 0.6 is 0 Å². The first-order valence-corrected chi connectivity index (χ1v) is 8.99. The van der Waals surface area contributed by atoms with Crippen molar-refractivity contribution in [2.24, 2.45) is 5.10 Å². The molecule has 0 spiro atoms. The summed E-state index contributed by atoms with van der Waals surface area (Å²) < 4.78 is 1.11. The van der Waals surface area contributed by atoms with E-state index >= 15 is 0 Å². The molecule has 138 valence electrons. The zero-order valence-electron chi connectivity index (χ0n) is 15.2. The van der Waals surface area contributed by atoms with Crippen LogP contribution in [-0.2, 0) is 0 Å². The van der Waals surface area contributed by atoms with Crippen LogP contribution in [-0.4, -0.2) is 38.5 Å². The number of aromatic nitrogens is 2. The van der Waals surface area contributed by atoms with Crippen molar-refractivity contribution in [1.29, 1.82) is 0 Å². The van der Waals surface area contributed by atoms with E-state index in [1.165, 1.54) is 6.42 Å². The van der Waals surface area contributed by atoms with E-state index in [2.05, 4.69) is 10.1 Å². The van der Waals surface area contributed by atoms with E-state index < -0.39 is 11.2 Å². The molecule has 0 bridgehead atoms. The Morgan fingerprint density at radius 3 is 2.42 bits per heavy atom. The van der Waals surface area contributed by atoms with Crippen molar-refractivity contribution < 1.29 is 5.11 Å². The second kappa shape index (κ2) is 7.59. The second-order valence-electron chi connectivity index (χ2n) is 6.54. The van der Waals surface area contributed by atoms with Gasteiger partial charge < -0.3 is 5.11 Å². The Morgan fingerprint density at radius 1 is 1.15 bits per heavy atom. The zero-order chi connectivity index (χ0) is 18.7. The molecule has 7 nitrogen and oxygen atoms in total. The van der Waals surface area contributed by atoms with Crippen molar-refractivity contribution in [1.82, 2.24) is 14.6 Å². The fourth-order valence-corrected chi connectivity index (χ4v) is 3.16. The number of hydrazone groups is 1. The molecule has 0 unspecified atom stereocenters. The quantitative estimate of drug-likeness (QED) is 0.821. The summed E-state index contributed by atoms with van der Waals surface area (Å²) in [6.07, 6.45) is 3.77. The number of aromatic amines is 1. The minimum atomic E-state index is -0.673. The number of aryl methyl sites for hydroxylation is 1. The zero-order valence-corrected chi connectivity index (χ0v) is 15.2. The molecule has 0 saturated carbocycles. The summed E-state index contributed by atoms with van der Waals surface area (Å²) in [7, 11) is 0. The molecule has 1 fully saturated rings. The highest BCUT2D eigenvalue weighted by Gasteiger charge is 2.20. The molecule has 2 aromatic rings. The van der Waals surface area contributed by atoms with E-state index in [1.807, 2.05) is 31.0 Å². The number of hydrogen-bond donors (Lipinski definition) is 2. The number of piperidine rings is 1. The van der Waals surface area contributed by atoms with Crippen LogP contribution in [0.5, 0.6) is 5.88 Å². The summed E-state index contributed by atoms with van der Waals surface area (Å²) in [5.41, 5.74) is 0.766. The maximum Gasteiger partial charge on any atom is 0.335 e. The molecule has 0 amide bonds. The number of nitrogens with one attached hydrogen (secondary N) is 1. The van der Waals surface area contributed by atoms with E-state index in [0.29, 0.717) is 17.8 Å². The van der Waals surface area contributed by atoms with Crippen LogP contribution < -0.4 is 11.2 Å². The molecule has 2 heterocycles. The highest BCUT2D eigenvalue weighted by Crippen LogP contribution is 2.19. The molecule has 7 heteroatoms. The van der Waals surface area contributed by atoms with E-state index in [1.54, 1.807) is 12.1 Å². The monoisotopic (exact) mass is 356 g/mol. The Bertz CT molecular complexity index is 919. The standard InChI is InChI=1S/C19H24N4O3/c1-3-15(21-22-11-5-4-6-12-22)16-17(24)20-19(26)23(18(16)25)14-9-7-13(2)8-10-14/h7-10,25H,3-6,11-12H2,1-2H3,(H,20,24,26). The molecular formula is C19H24N4O3. The number of aromatic hydroxyl groups is 1. The van der Waals surface area contributed by atoms with Crippen molar-refractivity contribution in [3.05, 3.63) is 56.2 Å². The number of H-pyrrole nitrogens is 1. The molecule has 1 aliphatic heterocycles. The molecule has 0 aliphatic carbocycles. The summed E-state index contributed by atoms with van der Waals surface area (Å²) in [5.74, 6) is -0.375. The van der Waals surface area contributed by atoms with Gasteiger partial charge in [-0.1, -0.05) is 24.6 Å². The maximum atomic E-state index is 12.4. The van der Waals surface area contributed by atoms with Crippen LogP contribution in [0.1, 0.15) is 43.7 Å². The predicted octanol–water partition coefficient (Wildman–Crippen LogP) is 2.14. The average molecular weight is 356 g/mol. The SMILES string of the molecule is CCC(=NN1CCCCC1)c1c(O)n(-c2ccc(C)cc2)c(=O)[nH]c1=O. The molecule has 3 rings (SSSR count). The first-order valence-electron chi connectivity index (χ1n) is 8.99. The summed E-state index contributed by atoms with van der Waals surface area (Å²) >= 11 is 0. The van der Waals surface area contributed by atoms with Gasteiger partial charge in [0.1, 0.15) is 5.56 Å². The smallest absolute Gasteiger partial charge is 0.335 e. The summed E-state index contributed by atoms with van der Waals surface area (Å²) in [5, 5.41) is 17.3. The summed E-state index contributed by atoms with van der Waals surface area (Å²) in [6, 6.07) is 7.14. The molecule has 1 aromatic carbocycles. The second-order valence-corrected chi connectivity index (χ2v) is 6.54. The summed E-state index contributed by atoms with van der Waals surface area (Å²) in [4.78, 5) is 27.0. The number of hydrogen-bond acceptors (Lipinski definition) is 5. The Balaban J connectivity index is 2.13. The van der Waals surface area contributed by atoms with Crippen LogP contribution in [0.3, 0.4) is 0 Å². The molecular weight excluding hydrogens is 332 g/mol.